The van der Waals surface area contributed by atoms with Crippen LogP contribution in [0.1, 0.15) is 25.8 Å². The number of fused-ring (bicyclic) bond motifs is 1. The van der Waals surface area contributed by atoms with Crippen molar-refractivity contribution in [3.63, 3.8) is 0 Å². The second-order valence-electron chi connectivity index (χ2n) is 7.04. The van der Waals surface area contributed by atoms with Gasteiger partial charge in [-0.2, -0.15) is 0 Å². The Hall–Kier alpha value is -3.12. The Bertz CT molecular complexity index is 1080. The van der Waals surface area contributed by atoms with E-state index in [4.69, 9.17) is 4.74 Å². The smallest absolute Gasteiger partial charge is 0.265 e. The third kappa shape index (κ3) is 4.54. The molecule has 0 aliphatic carbocycles. The molecule has 1 N–H and O–H groups in total. The molecule has 3 rings (SSSR count). The first-order valence-electron chi connectivity index (χ1n) is 10.3. The predicted molar refractivity (Wildman–Crippen MR) is 123 cm³/mol. The van der Waals surface area contributed by atoms with Crippen molar-refractivity contribution in [2.24, 2.45) is 4.99 Å². The van der Waals surface area contributed by atoms with Crippen LogP contribution >= 0.6 is 0 Å². The van der Waals surface area contributed by atoms with Crippen molar-refractivity contribution in [1.82, 2.24) is 9.47 Å². The van der Waals surface area contributed by atoms with Crippen LogP contribution in [0.2, 0.25) is 0 Å². The Labute approximate surface area is 177 Å². The second kappa shape index (κ2) is 10.1. The summed E-state index contributed by atoms with van der Waals surface area (Å²) in [7, 11) is 1.57. The van der Waals surface area contributed by atoms with E-state index in [-0.39, 0.29) is 11.4 Å². The van der Waals surface area contributed by atoms with Crippen molar-refractivity contribution in [3.8, 4) is 17.3 Å². The quantitative estimate of drug-likeness (QED) is 0.432. The molecule has 158 valence electrons. The monoisotopic (exact) mass is 407 g/mol. The summed E-state index contributed by atoms with van der Waals surface area (Å²) in [5, 5.41) is 12.2. The molecule has 0 amide bonds. The number of nitrogens with zero attached hydrogens (tertiary/aromatic N) is 3. The minimum atomic E-state index is -0.282. The number of hydrogen-bond donors (Lipinski definition) is 1. The predicted octanol–water partition coefficient (Wildman–Crippen LogP) is 3.86. The summed E-state index contributed by atoms with van der Waals surface area (Å²) in [5.74, 6) is 0.484. The van der Waals surface area contributed by atoms with E-state index in [2.05, 4.69) is 23.7 Å². The zero-order chi connectivity index (χ0) is 21.5. The standard InChI is InChI=1S/C24H29N3O3/c1-4-26(5-2)15-9-14-25-17-22-20-12-6-7-13-21(20)23(28)27(24(22)29)18-10-8-11-19(16-18)30-3/h6-8,10-13,16-17,29H,4-5,9,14-15H2,1-3H3. The number of ether oxygens (including phenoxy) is 1. The van der Waals surface area contributed by atoms with Crippen LogP contribution in [0.5, 0.6) is 11.6 Å². The molecule has 0 aliphatic heterocycles. The first-order chi connectivity index (χ1) is 14.6. The number of aromatic nitrogens is 1. The molecule has 3 aromatic rings. The first kappa shape index (κ1) is 21.6. The van der Waals surface area contributed by atoms with Gasteiger partial charge in [0.05, 0.1) is 18.4 Å². The summed E-state index contributed by atoms with van der Waals surface area (Å²) in [6, 6.07) is 14.4. The van der Waals surface area contributed by atoms with Gasteiger partial charge in [-0.1, -0.05) is 38.1 Å². The van der Waals surface area contributed by atoms with Crippen molar-refractivity contribution in [2.75, 3.05) is 33.3 Å². The van der Waals surface area contributed by atoms with Crippen LogP contribution in [-0.4, -0.2) is 54.1 Å². The van der Waals surface area contributed by atoms with E-state index in [1.807, 2.05) is 18.2 Å². The highest BCUT2D eigenvalue weighted by molar-refractivity contribution is 6.01. The molecular weight excluding hydrogens is 378 g/mol. The lowest BCUT2D eigenvalue weighted by atomic mass is 10.1. The van der Waals surface area contributed by atoms with Crippen molar-refractivity contribution in [3.05, 3.63) is 64.4 Å². The third-order valence-corrected chi connectivity index (χ3v) is 5.29. The lowest BCUT2D eigenvalue weighted by Gasteiger charge is -2.16. The van der Waals surface area contributed by atoms with E-state index in [0.29, 0.717) is 34.3 Å². The van der Waals surface area contributed by atoms with Gasteiger partial charge < -0.3 is 14.7 Å². The van der Waals surface area contributed by atoms with Gasteiger partial charge in [-0.05, 0) is 44.3 Å². The Kier molecular flexibility index (Phi) is 7.25. The Balaban J connectivity index is 2.01. The highest BCUT2D eigenvalue weighted by Crippen LogP contribution is 2.27. The molecule has 6 heteroatoms. The SMILES string of the molecule is CCN(CC)CCCN=Cc1c(O)n(-c2cccc(OC)c2)c(=O)c2ccccc12. The van der Waals surface area contributed by atoms with Crippen molar-refractivity contribution >= 4 is 17.0 Å². The average Bonchev–Trinajstić information content (AvgIpc) is 2.78. The minimum Gasteiger partial charge on any atom is -0.497 e. The number of aliphatic imine (C=N–C) groups is 1. The van der Waals surface area contributed by atoms with Gasteiger partial charge in [0.25, 0.3) is 5.56 Å². The molecule has 2 aromatic carbocycles. The summed E-state index contributed by atoms with van der Waals surface area (Å²) in [5.41, 5.74) is 0.796. The Morgan fingerprint density at radius 3 is 2.53 bits per heavy atom. The van der Waals surface area contributed by atoms with Gasteiger partial charge in [-0.15, -0.1) is 0 Å². The van der Waals surface area contributed by atoms with Gasteiger partial charge in [-0.3, -0.25) is 9.79 Å². The second-order valence-corrected chi connectivity index (χ2v) is 7.04. The lowest BCUT2D eigenvalue weighted by Crippen LogP contribution is -2.24. The molecule has 0 saturated carbocycles. The number of methoxy groups -OCH3 is 1. The van der Waals surface area contributed by atoms with E-state index in [9.17, 15) is 9.90 Å². The largest absolute Gasteiger partial charge is 0.497 e. The molecule has 0 spiro atoms. The van der Waals surface area contributed by atoms with Crippen LogP contribution in [0.15, 0.2) is 58.3 Å². The van der Waals surface area contributed by atoms with Crippen LogP contribution in [-0.2, 0) is 0 Å². The zero-order valence-corrected chi connectivity index (χ0v) is 17.8. The van der Waals surface area contributed by atoms with E-state index in [0.717, 1.165) is 26.1 Å². The van der Waals surface area contributed by atoms with Crippen molar-refractivity contribution < 1.29 is 9.84 Å². The minimum absolute atomic E-state index is 0.126. The summed E-state index contributed by atoms with van der Waals surface area (Å²) in [6.45, 7) is 7.99. The first-order valence-corrected chi connectivity index (χ1v) is 10.3. The number of benzene rings is 2. The summed E-state index contributed by atoms with van der Waals surface area (Å²) in [6.07, 6.45) is 2.61. The maximum Gasteiger partial charge on any atom is 0.265 e. The molecular formula is C24H29N3O3. The topological polar surface area (TPSA) is 67.1 Å². The normalized spacial score (nSPS) is 11.6. The molecule has 0 saturated heterocycles. The molecule has 0 radical (unpaired) electrons. The number of rotatable bonds is 9. The van der Waals surface area contributed by atoms with Gasteiger partial charge >= 0.3 is 0 Å². The van der Waals surface area contributed by atoms with E-state index < -0.39 is 0 Å². The van der Waals surface area contributed by atoms with Crippen molar-refractivity contribution in [1.29, 1.82) is 0 Å². The summed E-state index contributed by atoms with van der Waals surface area (Å²) in [4.78, 5) is 20.0. The zero-order valence-electron chi connectivity index (χ0n) is 17.8. The highest BCUT2D eigenvalue weighted by atomic mass is 16.5. The number of pyridine rings is 1. The molecule has 0 unspecified atom stereocenters. The fourth-order valence-corrected chi connectivity index (χ4v) is 3.56. The van der Waals surface area contributed by atoms with Crippen LogP contribution in [0.4, 0.5) is 0 Å². The summed E-state index contributed by atoms with van der Waals surface area (Å²) < 4.78 is 6.58. The fourth-order valence-electron chi connectivity index (χ4n) is 3.56. The molecule has 1 aromatic heterocycles. The van der Waals surface area contributed by atoms with Gasteiger partial charge in [0.2, 0.25) is 5.88 Å². The van der Waals surface area contributed by atoms with E-state index in [1.165, 1.54) is 4.57 Å². The highest BCUT2D eigenvalue weighted by Gasteiger charge is 2.16. The molecule has 0 aliphatic rings. The number of aromatic hydroxyl groups is 1. The maximum atomic E-state index is 13.1. The van der Waals surface area contributed by atoms with Crippen molar-refractivity contribution in [2.45, 2.75) is 20.3 Å². The van der Waals surface area contributed by atoms with Gasteiger partial charge in [0.1, 0.15) is 5.75 Å². The molecule has 30 heavy (non-hydrogen) atoms. The van der Waals surface area contributed by atoms with Gasteiger partial charge in [-0.25, -0.2) is 4.57 Å². The molecule has 0 fully saturated rings. The Morgan fingerprint density at radius 2 is 1.83 bits per heavy atom. The Morgan fingerprint density at radius 1 is 1.10 bits per heavy atom. The van der Waals surface area contributed by atoms with Crippen LogP contribution in [0.25, 0.3) is 16.5 Å². The fraction of sp³-hybridized carbons (Fsp3) is 0.333. The molecule has 0 atom stereocenters. The lowest BCUT2D eigenvalue weighted by molar-refractivity contribution is 0.302. The van der Waals surface area contributed by atoms with Gasteiger partial charge in [0, 0.05) is 29.6 Å². The van der Waals surface area contributed by atoms with Gasteiger partial charge in [0.15, 0.2) is 0 Å². The maximum absolute atomic E-state index is 13.1. The molecule has 0 bridgehead atoms. The molecule has 6 nitrogen and oxygen atoms in total. The van der Waals surface area contributed by atoms with Crippen LogP contribution in [0, 0.1) is 0 Å². The molecule has 1 heterocycles. The summed E-state index contributed by atoms with van der Waals surface area (Å²) >= 11 is 0. The third-order valence-electron chi connectivity index (χ3n) is 5.29. The van der Waals surface area contributed by atoms with Crippen LogP contribution in [0.3, 0.4) is 0 Å². The average molecular weight is 408 g/mol. The van der Waals surface area contributed by atoms with Crippen LogP contribution < -0.4 is 10.3 Å². The number of hydrogen-bond acceptors (Lipinski definition) is 5. The van der Waals surface area contributed by atoms with E-state index >= 15 is 0 Å². The van der Waals surface area contributed by atoms with E-state index in [1.54, 1.807) is 43.7 Å².